The van der Waals surface area contributed by atoms with E-state index in [1.54, 1.807) is 0 Å². The van der Waals surface area contributed by atoms with Crippen LogP contribution in [0.4, 0.5) is 81.6 Å². The van der Waals surface area contributed by atoms with Crippen LogP contribution in [0.5, 0.6) is 23.0 Å². The Labute approximate surface area is 214 Å². The minimum Gasteiger partial charge on any atom is -0.450 e. The lowest BCUT2D eigenvalue weighted by atomic mass is 10.1. The Morgan fingerprint density at radius 3 is 1.15 bits per heavy atom. The van der Waals surface area contributed by atoms with E-state index in [4.69, 9.17) is 11.5 Å². The summed E-state index contributed by atoms with van der Waals surface area (Å²) in [4.78, 5) is 0. The number of halogens is 16. The van der Waals surface area contributed by atoms with Crippen LogP contribution >= 0.6 is 0 Å². The third-order valence-corrected chi connectivity index (χ3v) is 4.96. The van der Waals surface area contributed by atoms with Crippen molar-refractivity contribution >= 4 is 11.4 Å². The monoisotopic (exact) mass is 622 g/mol. The summed E-state index contributed by atoms with van der Waals surface area (Å²) in [5.74, 6) is -28.4. The predicted molar refractivity (Wildman–Crippen MR) is 103 cm³/mol. The minimum absolute atomic E-state index is 0.619. The third-order valence-electron chi connectivity index (χ3n) is 4.96. The number of nitrogen functional groups attached to an aromatic ring is 2. The number of nitrogens with two attached hydrogens (primary N) is 2. The second kappa shape index (κ2) is 9.98. The number of hydrogen-bond donors (Lipinski definition) is 2. The molecule has 224 valence electrons. The van der Waals surface area contributed by atoms with Gasteiger partial charge in [-0.05, 0) is 12.1 Å². The molecule has 3 aromatic carbocycles. The van der Waals surface area contributed by atoms with Gasteiger partial charge < -0.3 is 20.9 Å². The van der Waals surface area contributed by atoms with Crippen molar-refractivity contribution in [1.29, 1.82) is 0 Å². The Kier molecular flexibility index (Phi) is 7.61. The standard InChI is InChI=1S/C21H6F16N2O2/c22-8-3(19(29,30)31)1-5(10(24)15(8)38)40-17-7(21(35,36)37)12(26)13(27)18(14(17)28)41-6-2-4(20(32,33)34)9(23)16(39)11(6)25/h1-2H,38-39H2. The zero-order chi connectivity index (χ0) is 31.6. The van der Waals surface area contributed by atoms with Gasteiger partial charge in [0.25, 0.3) is 0 Å². The molecule has 0 aliphatic heterocycles. The molecule has 3 aromatic rings. The van der Waals surface area contributed by atoms with E-state index in [1.165, 1.54) is 0 Å². The molecule has 0 aromatic heterocycles. The highest BCUT2D eigenvalue weighted by atomic mass is 19.4. The first-order valence-electron chi connectivity index (χ1n) is 9.82. The van der Waals surface area contributed by atoms with E-state index < -0.39 is 122 Å². The molecule has 0 bridgehead atoms. The van der Waals surface area contributed by atoms with Crippen LogP contribution in [0.2, 0.25) is 0 Å². The molecule has 20 heteroatoms. The van der Waals surface area contributed by atoms with Crippen LogP contribution in [-0.2, 0) is 18.5 Å². The molecule has 4 N–H and O–H groups in total. The molecule has 0 aliphatic rings. The molecule has 4 nitrogen and oxygen atoms in total. The molecule has 0 aliphatic carbocycles. The molecule has 0 radical (unpaired) electrons. The maximum absolute atomic E-state index is 15.1. The van der Waals surface area contributed by atoms with E-state index in [9.17, 15) is 65.9 Å². The second-order valence-corrected chi connectivity index (χ2v) is 7.60. The van der Waals surface area contributed by atoms with E-state index in [2.05, 4.69) is 9.47 Å². The van der Waals surface area contributed by atoms with E-state index in [0.29, 0.717) is 0 Å². The summed E-state index contributed by atoms with van der Waals surface area (Å²) in [6.45, 7) is 0. The molecule has 0 saturated heterocycles. The van der Waals surface area contributed by atoms with Gasteiger partial charge in [-0.3, -0.25) is 0 Å². The number of benzene rings is 3. The molecule has 3 rings (SSSR count). The van der Waals surface area contributed by atoms with Crippen LogP contribution in [0.1, 0.15) is 16.7 Å². The van der Waals surface area contributed by atoms with Crippen molar-refractivity contribution < 1.29 is 79.7 Å². The highest BCUT2D eigenvalue weighted by Crippen LogP contribution is 2.49. The largest absolute Gasteiger partial charge is 0.450 e. The Bertz CT molecular complexity index is 1540. The van der Waals surface area contributed by atoms with Crippen molar-refractivity contribution in [3.05, 3.63) is 69.5 Å². The van der Waals surface area contributed by atoms with Gasteiger partial charge in [-0.15, -0.1) is 0 Å². The predicted octanol–water partition coefficient (Wildman–Crippen LogP) is 8.47. The zero-order valence-corrected chi connectivity index (χ0v) is 18.7. The third kappa shape index (κ3) is 5.53. The van der Waals surface area contributed by atoms with Gasteiger partial charge in [-0.1, -0.05) is 0 Å². The highest BCUT2D eigenvalue weighted by Gasteiger charge is 2.45. The molecule has 0 amide bonds. The van der Waals surface area contributed by atoms with Crippen LogP contribution < -0.4 is 20.9 Å². The first kappa shape index (κ1) is 31.3. The zero-order valence-electron chi connectivity index (χ0n) is 18.7. The van der Waals surface area contributed by atoms with Crippen molar-refractivity contribution in [1.82, 2.24) is 0 Å². The van der Waals surface area contributed by atoms with Gasteiger partial charge in [0.1, 0.15) is 16.9 Å². The lowest BCUT2D eigenvalue weighted by Crippen LogP contribution is -2.16. The first-order valence-corrected chi connectivity index (χ1v) is 9.82. The maximum atomic E-state index is 15.1. The Balaban J connectivity index is 2.35. The molecule has 0 atom stereocenters. The fraction of sp³-hybridized carbons (Fsp3) is 0.143. The minimum atomic E-state index is -6.20. The van der Waals surface area contributed by atoms with E-state index in [-0.39, 0.29) is 0 Å². The highest BCUT2D eigenvalue weighted by molar-refractivity contribution is 5.57. The Hall–Kier alpha value is -4.26. The average molecular weight is 622 g/mol. The van der Waals surface area contributed by atoms with E-state index in [1.807, 2.05) is 0 Å². The van der Waals surface area contributed by atoms with E-state index in [0.717, 1.165) is 0 Å². The smallest absolute Gasteiger partial charge is 0.423 e. The SMILES string of the molecule is Nc1c(F)c(Oc2c(F)c(F)c(C(F)(F)F)c(Oc3cc(C(F)(F)F)c(F)c(N)c3F)c2F)cc(C(F)(F)F)c1F. The molecule has 0 heterocycles. The van der Waals surface area contributed by atoms with Crippen molar-refractivity contribution in [2.24, 2.45) is 0 Å². The summed E-state index contributed by atoms with van der Waals surface area (Å²) in [7, 11) is 0. The topological polar surface area (TPSA) is 70.5 Å². The second-order valence-electron chi connectivity index (χ2n) is 7.60. The van der Waals surface area contributed by atoms with Gasteiger partial charge in [0, 0.05) is 0 Å². The summed E-state index contributed by atoms with van der Waals surface area (Å²) in [5, 5.41) is 0. The average Bonchev–Trinajstić information content (AvgIpc) is 2.82. The number of anilines is 2. The number of alkyl halides is 9. The van der Waals surface area contributed by atoms with Crippen molar-refractivity contribution in [2.75, 3.05) is 11.5 Å². The lowest BCUT2D eigenvalue weighted by molar-refractivity contribution is -0.142. The van der Waals surface area contributed by atoms with Crippen LogP contribution in [-0.4, -0.2) is 0 Å². The fourth-order valence-electron chi connectivity index (χ4n) is 3.10. The Morgan fingerprint density at radius 1 is 0.439 bits per heavy atom. The molecule has 41 heavy (non-hydrogen) atoms. The number of ether oxygens (including phenoxy) is 2. The summed E-state index contributed by atoms with van der Waals surface area (Å²) in [5.41, 5.74) is -2.46. The molecule has 0 fully saturated rings. The molecule has 0 spiro atoms. The van der Waals surface area contributed by atoms with Crippen LogP contribution in [0.25, 0.3) is 0 Å². The summed E-state index contributed by atoms with van der Waals surface area (Å²) >= 11 is 0. The lowest BCUT2D eigenvalue weighted by Gasteiger charge is -2.20. The van der Waals surface area contributed by atoms with Gasteiger partial charge in [0.15, 0.2) is 46.3 Å². The van der Waals surface area contributed by atoms with Crippen LogP contribution in [0, 0.1) is 40.7 Å². The van der Waals surface area contributed by atoms with Gasteiger partial charge >= 0.3 is 18.5 Å². The first-order chi connectivity index (χ1) is 18.5. The molecule has 0 saturated carbocycles. The number of hydrogen-bond acceptors (Lipinski definition) is 4. The summed E-state index contributed by atoms with van der Waals surface area (Å²) in [6.07, 6.45) is -17.6. The van der Waals surface area contributed by atoms with Crippen molar-refractivity contribution in [2.45, 2.75) is 18.5 Å². The van der Waals surface area contributed by atoms with Crippen LogP contribution in [0.3, 0.4) is 0 Å². The summed E-state index contributed by atoms with van der Waals surface area (Å²) in [6, 6.07) is -1.30. The quantitative estimate of drug-likeness (QED) is 0.174. The van der Waals surface area contributed by atoms with Crippen LogP contribution in [0.15, 0.2) is 12.1 Å². The van der Waals surface area contributed by atoms with E-state index >= 15 is 4.39 Å². The maximum Gasteiger partial charge on any atom is 0.423 e. The van der Waals surface area contributed by atoms with Gasteiger partial charge in [0.05, 0.1) is 11.1 Å². The molecule has 0 unspecified atom stereocenters. The molecular formula is C21H6F16N2O2. The fourth-order valence-corrected chi connectivity index (χ4v) is 3.10. The number of rotatable bonds is 4. The van der Waals surface area contributed by atoms with Gasteiger partial charge in [-0.25, -0.2) is 22.0 Å². The molecular weight excluding hydrogens is 616 g/mol. The van der Waals surface area contributed by atoms with Crippen molar-refractivity contribution in [3.8, 4) is 23.0 Å². The normalized spacial score (nSPS) is 12.6. The summed E-state index contributed by atoms with van der Waals surface area (Å²) < 4.78 is 227. The van der Waals surface area contributed by atoms with Crippen molar-refractivity contribution in [3.63, 3.8) is 0 Å². The Morgan fingerprint density at radius 2 is 0.805 bits per heavy atom. The van der Waals surface area contributed by atoms with Gasteiger partial charge in [-0.2, -0.15) is 48.3 Å². The van der Waals surface area contributed by atoms with Gasteiger partial charge in [0.2, 0.25) is 17.4 Å².